The molecule has 0 N–H and O–H groups in total. The van der Waals surface area contributed by atoms with Crippen LogP contribution in [-0.4, -0.2) is 43.1 Å². The summed E-state index contributed by atoms with van der Waals surface area (Å²) >= 11 is 2.43. The number of unbranched alkanes of at least 4 members (excludes halogenated alkanes) is 1. The van der Waals surface area contributed by atoms with Gasteiger partial charge in [0.05, 0.1) is 0 Å². The van der Waals surface area contributed by atoms with Gasteiger partial charge in [-0.05, 0) is 0 Å². The fourth-order valence-electron chi connectivity index (χ4n) is 4.77. The normalized spacial score (nSPS) is 13.0. The molecule has 4 heteroatoms. The molecule has 0 saturated carbocycles. The molecule has 0 rings (SSSR count). The van der Waals surface area contributed by atoms with Gasteiger partial charge in [0.2, 0.25) is 0 Å². The van der Waals surface area contributed by atoms with Crippen molar-refractivity contribution in [3.05, 3.63) is 75.9 Å². The van der Waals surface area contributed by atoms with Crippen LogP contribution in [0.15, 0.2) is 75.9 Å². The molecule has 1 atom stereocenters. The molecule has 0 aliphatic rings. The van der Waals surface area contributed by atoms with Crippen molar-refractivity contribution in [2.45, 2.75) is 67.2 Å². The topological polar surface area (TPSA) is 3.24 Å². The summed E-state index contributed by atoms with van der Waals surface area (Å²) in [6.07, 6.45) is 16.5. The number of allylic oxidation sites excluding steroid dienone is 6. The summed E-state index contributed by atoms with van der Waals surface area (Å²) < 4.78 is 3.56. The van der Waals surface area contributed by atoms with Crippen LogP contribution in [0.1, 0.15) is 26.2 Å². The second-order valence-electron chi connectivity index (χ2n) is 7.77. The summed E-state index contributed by atoms with van der Waals surface area (Å²) in [4.78, 5) is 0. The van der Waals surface area contributed by atoms with Crippen LogP contribution in [0.3, 0.4) is 0 Å². The summed E-state index contributed by atoms with van der Waals surface area (Å²) in [6.45, 7) is 27.0. The van der Waals surface area contributed by atoms with E-state index in [-0.39, 0.29) is 0 Å². The fraction of sp³-hybridized carbons (Fsp3) is 0.478. The SMILES string of the molecule is [Li][CH](CCCC)N([Si](CC=C)(CC=C)CC=C)[Si](CC=C)(CC=C)CC=C. The molecular formula is C23H40LiNSi2. The zero-order valence-corrected chi connectivity index (χ0v) is 20.1. The molecule has 0 fully saturated rings. The van der Waals surface area contributed by atoms with Gasteiger partial charge in [0.15, 0.2) is 0 Å². The van der Waals surface area contributed by atoms with Crippen molar-refractivity contribution in [1.82, 2.24) is 4.23 Å². The first-order valence-corrected chi connectivity index (χ1v) is 15.6. The van der Waals surface area contributed by atoms with Gasteiger partial charge in [0, 0.05) is 0 Å². The van der Waals surface area contributed by atoms with Crippen LogP contribution >= 0.6 is 0 Å². The molecule has 0 aliphatic carbocycles. The van der Waals surface area contributed by atoms with E-state index < -0.39 is 16.5 Å². The first kappa shape index (κ1) is 26.4. The molecule has 0 aromatic heterocycles. The average molecular weight is 394 g/mol. The second kappa shape index (κ2) is 14.4. The molecule has 0 saturated heterocycles. The van der Waals surface area contributed by atoms with E-state index in [4.69, 9.17) is 0 Å². The van der Waals surface area contributed by atoms with Gasteiger partial charge in [-0.25, -0.2) is 0 Å². The summed E-state index contributed by atoms with van der Waals surface area (Å²) in [7, 11) is -3.78. The van der Waals surface area contributed by atoms with Crippen LogP contribution in [0, 0.1) is 0 Å². The van der Waals surface area contributed by atoms with E-state index in [1.54, 1.807) is 0 Å². The average Bonchev–Trinajstić information content (AvgIpc) is 2.61. The Morgan fingerprint density at radius 1 is 0.704 bits per heavy atom. The summed E-state index contributed by atoms with van der Waals surface area (Å²) in [6, 6.07) is 6.43. The van der Waals surface area contributed by atoms with E-state index in [2.05, 4.69) is 105 Å². The van der Waals surface area contributed by atoms with Gasteiger partial charge in [-0.2, -0.15) is 0 Å². The number of rotatable bonds is 18. The van der Waals surface area contributed by atoms with E-state index in [1.807, 2.05) is 0 Å². The predicted octanol–water partition coefficient (Wildman–Crippen LogP) is 6.98. The zero-order chi connectivity index (χ0) is 20.8. The summed E-state index contributed by atoms with van der Waals surface area (Å²) in [5, 5.41) is 0. The van der Waals surface area contributed by atoms with Gasteiger partial charge in [-0.15, -0.1) is 0 Å². The quantitative estimate of drug-likeness (QED) is 0.179. The van der Waals surface area contributed by atoms with Gasteiger partial charge in [0.1, 0.15) is 0 Å². The van der Waals surface area contributed by atoms with Crippen LogP contribution in [0.2, 0.25) is 36.3 Å². The monoisotopic (exact) mass is 393 g/mol. The summed E-state index contributed by atoms with van der Waals surface area (Å²) in [5.41, 5.74) is 0. The Kier molecular flexibility index (Phi) is 14.1. The predicted molar refractivity (Wildman–Crippen MR) is 132 cm³/mol. The van der Waals surface area contributed by atoms with Gasteiger partial charge in [0.25, 0.3) is 0 Å². The molecule has 146 valence electrons. The van der Waals surface area contributed by atoms with Crippen molar-refractivity contribution < 1.29 is 0 Å². The van der Waals surface area contributed by atoms with E-state index >= 15 is 0 Å². The minimum atomic E-state index is -1.89. The minimum absolute atomic E-state index is 0.544. The Hall–Kier alpha value is -0.569. The van der Waals surface area contributed by atoms with Crippen molar-refractivity contribution in [3.8, 4) is 0 Å². The molecule has 1 nitrogen and oxygen atoms in total. The van der Waals surface area contributed by atoms with Crippen LogP contribution in [0.4, 0.5) is 0 Å². The van der Waals surface area contributed by atoms with Crippen molar-refractivity contribution in [3.63, 3.8) is 0 Å². The van der Waals surface area contributed by atoms with Gasteiger partial charge in [-0.1, -0.05) is 0 Å². The van der Waals surface area contributed by atoms with E-state index in [1.165, 1.54) is 19.3 Å². The summed E-state index contributed by atoms with van der Waals surface area (Å²) in [5.74, 6) is 0. The molecule has 27 heavy (non-hydrogen) atoms. The third kappa shape index (κ3) is 7.40. The number of nitrogens with zero attached hydrogens (tertiary/aromatic N) is 1. The van der Waals surface area contributed by atoms with Crippen molar-refractivity contribution in [1.29, 1.82) is 0 Å². The maximum absolute atomic E-state index is 4.13. The van der Waals surface area contributed by atoms with Crippen molar-refractivity contribution in [2.75, 3.05) is 0 Å². The van der Waals surface area contributed by atoms with E-state index in [0.717, 1.165) is 36.3 Å². The molecule has 0 heterocycles. The molecule has 0 radical (unpaired) electrons. The Morgan fingerprint density at radius 2 is 1.00 bits per heavy atom. The standard InChI is InChI=1S/C23H40NSi2.Li/c1-8-15-16-17-24(25(18-9-2,19-10-3)20-11-4)26(21-12-5,22-13-6)23-14-7;/h9-14,17H,2-8,15-16,18-23H2,1H3;. The maximum atomic E-state index is 4.13. The first-order valence-electron chi connectivity index (χ1n) is 10.4. The molecular weight excluding hydrogens is 353 g/mol. The molecule has 0 aromatic carbocycles. The number of hydrogen-bond acceptors (Lipinski definition) is 1. The van der Waals surface area contributed by atoms with E-state index in [9.17, 15) is 0 Å². The zero-order valence-electron chi connectivity index (χ0n) is 18.1. The van der Waals surface area contributed by atoms with E-state index in [0.29, 0.717) is 4.71 Å². The number of hydrogen-bond donors (Lipinski definition) is 0. The fourth-order valence-corrected chi connectivity index (χ4v) is 18.0. The van der Waals surface area contributed by atoms with Crippen molar-refractivity contribution >= 4 is 34.2 Å². The van der Waals surface area contributed by atoms with Crippen LogP contribution in [0.25, 0.3) is 0 Å². The third-order valence-corrected chi connectivity index (χ3v) is 17.6. The van der Waals surface area contributed by atoms with Crippen LogP contribution in [-0.2, 0) is 0 Å². The van der Waals surface area contributed by atoms with Crippen LogP contribution < -0.4 is 0 Å². The molecule has 1 unspecified atom stereocenters. The van der Waals surface area contributed by atoms with Gasteiger partial charge in [-0.3, -0.25) is 0 Å². The molecule has 0 bridgehead atoms. The molecule has 0 aliphatic heterocycles. The second-order valence-corrected chi connectivity index (χ2v) is 16.5. The Labute approximate surface area is 181 Å². The molecule has 0 aromatic rings. The Morgan fingerprint density at radius 3 is 1.22 bits per heavy atom. The van der Waals surface area contributed by atoms with Gasteiger partial charge >= 0.3 is 182 Å². The van der Waals surface area contributed by atoms with Crippen LogP contribution in [0.5, 0.6) is 0 Å². The molecule has 0 amide bonds. The Bertz CT molecular complexity index is 410. The Balaban J connectivity index is 6.63. The third-order valence-electron chi connectivity index (χ3n) is 5.58. The molecule has 0 spiro atoms. The van der Waals surface area contributed by atoms with Gasteiger partial charge < -0.3 is 0 Å². The first-order chi connectivity index (χ1) is 13.0. The van der Waals surface area contributed by atoms with Crippen molar-refractivity contribution in [2.24, 2.45) is 0 Å².